The minimum atomic E-state index is -4.39. The number of nitrogens with zero attached hydrogens (tertiary/aromatic N) is 2. The third-order valence-corrected chi connectivity index (χ3v) is 9.77. The van der Waals surface area contributed by atoms with Gasteiger partial charge in [0.05, 0.1) is 18.6 Å². The molecule has 0 aromatic carbocycles. The molecule has 3 rings (SSSR count). The average Bonchev–Trinajstić information content (AvgIpc) is 3.32. The monoisotopic (exact) mass is 537 g/mol. The first kappa shape index (κ1) is 29.6. The molecule has 0 saturated heterocycles. The van der Waals surface area contributed by atoms with Crippen LogP contribution in [0.15, 0.2) is 39.8 Å². The molecule has 0 aliphatic heterocycles. The van der Waals surface area contributed by atoms with E-state index < -0.39 is 16.5 Å². The van der Waals surface area contributed by atoms with Crippen LogP contribution in [-0.2, 0) is 25.3 Å². The molecule has 0 unspecified atom stereocenters. The summed E-state index contributed by atoms with van der Waals surface area (Å²) in [5.41, 5.74) is 8.55. The number of rotatable bonds is 11. The second-order valence-electron chi connectivity index (χ2n) is 12.3. The van der Waals surface area contributed by atoms with Gasteiger partial charge < -0.3 is 15.1 Å². The van der Waals surface area contributed by atoms with E-state index in [1.807, 2.05) is 6.07 Å². The highest BCUT2D eigenvalue weighted by molar-refractivity contribution is 7.81. The van der Waals surface area contributed by atoms with Gasteiger partial charge in [-0.1, -0.05) is 45.8 Å². The van der Waals surface area contributed by atoms with Gasteiger partial charge in [-0.25, -0.2) is 8.47 Å². The van der Waals surface area contributed by atoms with E-state index in [0.717, 1.165) is 37.7 Å². The second kappa shape index (κ2) is 11.8. The predicted octanol–water partition coefficient (Wildman–Crippen LogP) is 5.87. The SMILES string of the molecule is CC1=CC[C@H]2C(C)(C)CCC[C@]2(C)[C@H]1C[C@H](OS(=O)(=O)O/N=C(\N)N(C)C)[C@H](C)CCCc1ccoc1. The zero-order valence-corrected chi connectivity index (χ0v) is 24.5. The molecule has 5 atom stereocenters. The van der Waals surface area contributed by atoms with Gasteiger partial charge in [0.2, 0.25) is 5.96 Å². The fraction of sp³-hybridized carbons (Fsp3) is 0.750. The summed E-state index contributed by atoms with van der Waals surface area (Å²) in [4.78, 5) is 1.47. The molecule has 0 radical (unpaired) electrons. The summed E-state index contributed by atoms with van der Waals surface area (Å²) in [6, 6.07) is 1.96. The Balaban J connectivity index is 1.82. The van der Waals surface area contributed by atoms with Crippen molar-refractivity contribution in [3.05, 3.63) is 35.8 Å². The third kappa shape index (κ3) is 7.31. The number of aryl methyl sites for hydroxylation is 1. The summed E-state index contributed by atoms with van der Waals surface area (Å²) >= 11 is 0. The van der Waals surface area contributed by atoms with Gasteiger partial charge in [-0.3, -0.25) is 0 Å². The Morgan fingerprint density at radius 3 is 2.68 bits per heavy atom. The van der Waals surface area contributed by atoms with Crippen LogP contribution in [0.4, 0.5) is 0 Å². The van der Waals surface area contributed by atoms with Crippen LogP contribution in [0.25, 0.3) is 0 Å². The molecule has 8 nitrogen and oxygen atoms in total. The van der Waals surface area contributed by atoms with Gasteiger partial charge in [0, 0.05) is 14.1 Å². The molecule has 1 aromatic heterocycles. The minimum absolute atomic E-state index is 0.00571. The van der Waals surface area contributed by atoms with Gasteiger partial charge in [0.1, 0.15) is 0 Å². The summed E-state index contributed by atoms with van der Waals surface area (Å²) in [7, 11) is -1.08. The lowest BCUT2D eigenvalue weighted by molar-refractivity contribution is -0.0520. The van der Waals surface area contributed by atoms with Crippen molar-refractivity contribution in [1.82, 2.24) is 4.90 Å². The van der Waals surface area contributed by atoms with Crippen molar-refractivity contribution in [2.45, 2.75) is 92.1 Å². The van der Waals surface area contributed by atoms with E-state index in [-0.39, 0.29) is 28.6 Å². The average molecular weight is 538 g/mol. The highest BCUT2D eigenvalue weighted by atomic mass is 32.3. The first-order valence-corrected chi connectivity index (χ1v) is 14.9. The van der Waals surface area contributed by atoms with Gasteiger partial charge in [-0.05, 0) is 97.2 Å². The van der Waals surface area contributed by atoms with Crippen molar-refractivity contribution >= 4 is 16.4 Å². The van der Waals surface area contributed by atoms with Gasteiger partial charge in [0.25, 0.3) is 0 Å². The largest absolute Gasteiger partial charge is 0.472 e. The van der Waals surface area contributed by atoms with Crippen LogP contribution in [-0.4, -0.2) is 39.5 Å². The lowest BCUT2D eigenvalue weighted by Gasteiger charge is -2.57. The van der Waals surface area contributed by atoms with E-state index in [1.165, 1.54) is 23.3 Å². The quantitative estimate of drug-likeness (QED) is 0.163. The van der Waals surface area contributed by atoms with Crippen molar-refractivity contribution in [2.75, 3.05) is 14.1 Å². The topological polar surface area (TPSA) is 107 Å². The number of nitrogens with two attached hydrogens (primary N) is 1. The van der Waals surface area contributed by atoms with Crippen LogP contribution >= 0.6 is 0 Å². The Hall–Kier alpha value is -2.00. The molecule has 1 saturated carbocycles. The maximum Gasteiger partial charge on any atom is 0.469 e. The first-order chi connectivity index (χ1) is 17.2. The Morgan fingerprint density at radius 1 is 1.30 bits per heavy atom. The number of furan rings is 1. The summed E-state index contributed by atoms with van der Waals surface area (Å²) < 4.78 is 41.5. The van der Waals surface area contributed by atoms with E-state index in [1.54, 1.807) is 26.6 Å². The molecular formula is C28H47N3O5S. The molecule has 9 heteroatoms. The Morgan fingerprint density at radius 2 is 2.03 bits per heavy atom. The van der Waals surface area contributed by atoms with Crippen molar-refractivity contribution in [2.24, 2.45) is 39.5 Å². The number of hydrogen-bond donors (Lipinski definition) is 1. The first-order valence-electron chi connectivity index (χ1n) is 13.6. The lowest BCUT2D eigenvalue weighted by atomic mass is 9.48. The number of fused-ring (bicyclic) bond motifs is 1. The second-order valence-corrected chi connectivity index (χ2v) is 13.5. The lowest BCUT2D eigenvalue weighted by Crippen LogP contribution is -2.49. The zero-order valence-electron chi connectivity index (χ0n) is 23.7. The van der Waals surface area contributed by atoms with E-state index in [4.69, 9.17) is 18.6 Å². The molecule has 1 heterocycles. The van der Waals surface area contributed by atoms with Gasteiger partial charge >= 0.3 is 10.4 Å². The molecule has 0 bridgehead atoms. The Kier molecular flexibility index (Phi) is 9.43. The number of oxime groups is 1. The summed E-state index contributed by atoms with van der Waals surface area (Å²) in [6.07, 6.45) is 13.1. The fourth-order valence-electron chi connectivity index (χ4n) is 6.77. The summed E-state index contributed by atoms with van der Waals surface area (Å²) in [6.45, 7) is 11.4. The minimum Gasteiger partial charge on any atom is -0.472 e. The highest BCUT2D eigenvalue weighted by Crippen LogP contribution is 2.60. The molecule has 37 heavy (non-hydrogen) atoms. The van der Waals surface area contributed by atoms with E-state index >= 15 is 0 Å². The standard InChI is InChI=1S/C28H47N3O5S/c1-20-12-13-25-27(3,4)15-9-16-28(25,5)23(20)18-24(21(2)10-8-11-22-14-17-34-19-22)35-37(32,33)36-30-26(29)31(6)7/h12,14,17,19,21,23-25H,8-11,13,15-16,18H2,1-7H3,(H2,29,30)/t21-,23+,24+,25+,28-/m1/s1. The van der Waals surface area contributed by atoms with Crippen LogP contribution in [0.1, 0.15) is 85.1 Å². The van der Waals surface area contributed by atoms with Crippen LogP contribution < -0.4 is 5.73 Å². The van der Waals surface area contributed by atoms with Crippen LogP contribution in [0.3, 0.4) is 0 Å². The van der Waals surface area contributed by atoms with Crippen molar-refractivity contribution in [3.8, 4) is 0 Å². The predicted molar refractivity (Wildman–Crippen MR) is 147 cm³/mol. The van der Waals surface area contributed by atoms with Gasteiger partial charge in [-0.2, -0.15) is 8.42 Å². The van der Waals surface area contributed by atoms with Crippen LogP contribution in [0.5, 0.6) is 0 Å². The fourth-order valence-corrected chi connectivity index (χ4v) is 7.55. The molecule has 0 spiro atoms. The number of guanidine groups is 1. The van der Waals surface area contributed by atoms with Crippen LogP contribution in [0.2, 0.25) is 0 Å². The number of allylic oxidation sites excluding steroid dienone is 2. The molecule has 1 fully saturated rings. The van der Waals surface area contributed by atoms with Gasteiger partial charge in [0.15, 0.2) is 0 Å². The van der Waals surface area contributed by atoms with E-state index in [0.29, 0.717) is 12.3 Å². The molecule has 1 aromatic rings. The van der Waals surface area contributed by atoms with Crippen molar-refractivity contribution in [3.63, 3.8) is 0 Å². The molecular weight excluding hydrogens is 490 g/mol. The third-order valence-electron chi connectivity index (χ3n) is 9.03. The Bertz CT molecular complexity index is 1050. The molecule has 2 aliphatic carbocycles. The Labute approximate surface area is 224 Å². The van der Waals surface area contributed by atoms with Crippen molar-refractivity contribution < 1.29 is 21.3 Å². The van der Waals surface area contributed by atoms with Crippen molar-refractivity contribution in [1.29, 1.82) is 0 Å². The van der Waals surface area contributed by atoms with Gasteiger partial charge in [-0.15, -0.1) is 0 Å². The number of hydrogen-bond acceptors (Lipinski definition) is 6. The highest BCUT2D eigenvalue weighted by Gasteiger charge is 2.52. The maximum atomic E-state index is 12.9. The summed E-state index contributed by atoms with van der Waals surface area (Å²) in [5.74, 6) is 0.728. The van der Waals surface area contributed by atoms with E-state index in [2.05, 4.69) is 45.9 Å². The smallest absolute Gasteiger partial charge is 0.469 e. The molecule has 2 N–H and O–H groups in total. The summed E-state index contributed by atoms with van der Waals surface area (Å²) in [5, 5.41) is 3.55. The molecule has 0 amide bonds. The zero-order chi connectivity index (χ0) is 27.4. The normalized spacial score (nSPS) is 27.6. The van der Waals surface area contributed by atoms with Crippen LogP contribution in [0, 0.1) is 28.6 Å². The van der Waals surface area contributed by atoms with E-state index in [9.17, 15) is 8.42 Å². The maximum absolute atomic E-state index is 12.9. The molecule has 210 valence electrons. The molecule has 2 aliphatic rings.